The largest absolute Gasteiger partial charge is 0.456 e. The number of carbonyl (C=O) groups excluding carboxylic acids is 3. The second-order valence-electron chi connectivity index (χ2n) is 14.3. The lowest BCUT2D eigenvalue weighted by Gasteiger charge is -2.47. The minimum atomic E-state index is -2.65. The molecule has 1 amide bonds. The van der Waals surface area contributed by atoms with Crippen molar-refractivity contribution in [2.45, 2.75) is 128 Å². The van der Waals surface area contributed by atoms with Gasteiger partial charge in [-0.3, -0.25) is 14.7 Å². The molecule has 12 nitrogen and oxygen atoms in total. The molecule has 0 aromatic carbocycles. The smallest absolute Gasteiger partial charge is 0.410 e. The number of likely N-dealkylation sites (N-methyl/N-ethyl adjacent to an activating group) is 1. The number of aliphatic imine (C=N–C) groups is 1. The first-order valence-corrected chi connectivity index (χ1v) is 16.8. The Morgan fingerprint density at radius 3 is 2.47 bits per heavy atom. The number of ether oxygens (including phenoxy) is 5. The molecule has 266 valence electrons. The molecule has 1 N–H and O–H groups in total. The summed E-state index contributed by atoms with van der Waals surface area (Å²) in [5.41, 5.74) is -1.81. The van der Waals surface area contributed by atoms with Crippen molar-refractivity contribution < 1.29 is 47.6 Å². The van der Waals surface area contributed by atoms with E-state index in [9.17, 15) is 19.5 Å². The number of carbonyl (C=O) groups is 3. The van der Waals surface area contributed by atoms with Crippen LogP contribution in [0.3, 0.4) is 0 Å². The third kappa shape index (κ3) is 7.15. The van der Waals surface area contributed by atoms with Crippen LogP contribution >= 0.6 is 0 Å². The quantitative estimate of drug-likeness (QED) is 0.245. The molecule has 4 rings (SSSR count). The fraction of sp³-hybridized carbons (Fsp3) is 0.824. The molecule has 4 aliphatic heterocycles. The number of hydrogen-bond donors (Lipinski definition) is 1. The van der Waals surface area contributed by atoms with Crippen molar-refractivity contribution in [1.82, 2.24) is 9.80 Å². The normalized spacial score (nSPS) is 43.5. The molecule has 3 saturated heterocycles. The topological polar surface area (TPSA) is 136 Å². The third-order valence-electron chi connectivity index (χ3n) is 10.6. The molecule has 47 heavy (non-hydrogen) atoms. The molecule has 0 aromatic heterocycles. The van der Waals surface area contributed by atoms with Crippen molar-refractivity contribution in [2.75, 3.05) is 33.8 Å². The van der Waals surface area contributed by atoms with Crippen molar-refractivity contribution in [3.8, 4) is 0 Å². The summed E-state index contributed by atoms with van der Waals surface area (Å²) in [5, 5.41) is 11.4. The summed E-state index contributed by atoms with van der Waals surface area (Å²) in [5.74, 6) is -4.29. The number of aliphatic hydroxyl groups excluding tert-OH is 1. The number of alkyl halides is 1. The van der Waals surface area contributed by atoms with E-state index in [1.807, 2.05) is 39.8 Å². The molecule has 0 spiro atoms. The zero-order chi connectivity index (χ0) is 35.0. The number of cyclic esters (lactones) is 1. The summed E-state index contributed by atoms with van der Waals surface area (Å²) in [4.78, 5) is 48.9. The number of nitrogens with zero attached hydrogens (tertiary/aromatic N) is 3. The van der Waals surface area contributed by atoms with Crippen molar-refractivity contribution in [2.24, 2.45) is 22.7 Å². The van der Waals surface area contributed by atoms with Gasteiger partial charge in [-0.25, -0.2) is 14.0 Å². The maximum atomic E-state index is 16.0. The molecule has 0 aromatic rings. The van der Waals surface area contributed by atoms with Gasteiger partial charge in [0.2, 0.25) is 0 Å². The molecule has 1 unspecified atom stereocenters. The van der Waals surface area contributed by atoms with Gasteiger partial charge in [-0.15, -0.1) is 6.58 Å². The van der Waals surface area contributed by atoms with Crippen LogP contribution in [0, 0.1) is 17.8 Å². The maximum Gasteiger partial charge on any atom is 0.410 e. The average Bonchev–Trinajstić information content (AvgIpc) is 3.14. The number of halogens is 1. The van der Waals surface area contributed by atoms with E-state index in [1.54, 1.807) is 31.7 Å². The number of fused-ring (bicyclic) bond motifs is 1. The maximum absolute atomic E-state index is 16.0. The highest BCUT2D eigenvalue weighted by molar-refractivity contribution is 6.03. The van der Waals surface area contributed by atoms with Crippen LogP contribution in [0.25, 0.3) is 0 Å². The van der Waals surface area contributed by atoms with Crippen LogP contribution in [0.4, 0.5) is 9.18 Å². The summed E-state index contributed by atoms with van der Waals surface area (Å²) in [6.07, 6.45) is -5.38. The number of hydrogen-bond acceptors (Lipinski definition) is 11. The fourth-order valence-electron chi connectivity index (χ4n) is 8.29. The summed E-state index contributed by atoms with van der Waals surface area (Å²) < 4.78 is 46.7. The van der Waals surface area contributed by atoms with E-state index in [2.05, 4.69) is 6.58 Å². The molecule has 0 saturated carbocycles. The van der Waals surface area contributed by atoms with Gasteiger partial charge in [0.05, 0.1) is 37.0 Å². The Bertz CT molecular complexity index is 1220. The molecule has 4 aliphatic rings. The monoisotopic (exact) mass is 667 g/mol. The first kappa shape index (κ1) is 37.4. The summed E-state index contributed by atoms with van der Waals surface area (Å²) >= 11 is 0. The lowest BCUT2D eigenvalue weighted by Crippen LogP contribution is -2.60. The Morgan fingerprint density at radius 1 is 1.17 bits per heavy atom. The van der Waals surface area contributed by atoms with E-state index in [-0.39, 0.29) is 43.4 Å². The fourth-order valence-corrected chi connectivity index (χ4v) is 8.29. The highest BCUT2D eigenvalue weighted by Gasteiger charge is 2.60. The Morgan fingerprint density at radius 2 is 1.85 bits per heavy atom. The lowest BCUT2D eigenvalue weighted by molar-refractivity contribution is -0.296. The van der Waals surface area contributed by atoms with Gasteiger partial charge in [-0.2, -0.15) is 0 Å². The number of ketones is 1. The van der Waals surface area contributed by atoms with E-state index >= 15 is 4.39 Å². The average molecular weight is 668 g/mol. The minimum absolute atomic E-state index is 0.0763. The predicted molar refractivity (Wildman–Crippen MR) is 172 cm³/mol. The van der Waals surface area contributed by atoms with Crippen LogP contribution in [0.5, 0.6) is 0 Å². The van der Waals surface area contributed by atoms with Gasteiger partial charge in [-0.1, -0.05) is 33.8 Å². The Labute approximate surface area is 277 Å². The molecule has 13 atom stereocenters. The predicted octanol–water partition coefficient (Wildman–Crippen LogP) is 3.33. The molecular weight excluding hydrogens is 613 g/mol. The zero-order valence-electron chi connectivity index (χ0n) is 29.3. The van der Waals surface area contributed by atoms with Gasteiger partial charge >= 0.3 is 12.1 Å². The van der Waals surface area contributed by atoms with Gasteiger partial charge in [0, 0.05) is 30.1 Å². The van der Waals surface area contributed by atoms with Gasteiger partial charge in [0.25, 0.3) is 6.17 Å². The molecule has 0 aliphatic carbocycles. The Balaban J connectivity index is 1.84. The SMILES string of the molecule is C=CCO[C@@]1(C)C[C@@H](C)C2=NCCN3C(=O)O[C@](C)([C@H](CC)OC(=O)C(F)C(=O)[C@H](C)[C@H]1O[C@@H]1O[C@H](C)C[C@H](N(C)C)[C@H]1O)[C@H]3[C@@H]2C. The first-order valence-electron chi connectivity index (χ1n) is 16.8. The molecule has 3 fully saturated rings. The standard InChI is InChI=1S/C34H54FN3O9/c1-11-15-43-33(7)17-18(3)25-20(5)28-34(8,47-32(42)38(28)14-13-36-25)23(12-2)45-30(41)24(35)26(39)21(6)29(33)46-31-27(40)22(37(9)10)16-19(4)44-31/h11,18-24,27-29,31,40H,1,12-17H2,2-10H3/t18-,19-,20-,21+,22+,23+,24?,27-,28-,29-,31+,33+,34-/m1/s1. The second-order valence-corrected chi connectivity index (χ2v) is 14.3. The van der Waals surface area contributed by atoms with Gasteiger partial charge in [-0.05, 0) is 60.0 Å². The van der Waals surface area contributed by atoms with E-state index in [1.165, 1.54) is 6.92 Å². The third-order valence-corrected chi connectivity index (χ3v) is 10.6. The van der Waals surface area contributed by atoms with Gasteiger partial charge < -0.3 is 33.7 Å². The zero-order valence-corrected chi connectivity index (χ0v) is 29.3. The lowest BCUT2D eigenvalue weighted by atomic mass is 9.73. The van der Waals surface area contributed by atoms with Crippen LogP contribution in [0.2, 0.25) is 0 Å². The number of amides is 1. The van der Waals surface area contributed by atoms with Crippen molar-refractivity contribution >= 4 is 23.6 Å². The number of esters is 1. The molecular formula is C34H54FN3O9. The van der Waals surface area contributed by atoms with Crippen LogP contribution in [-0.4, -0.2) is 132 Å². The highest BCUT2D eigenvalue weighted by Crippen LogP contribution is 2.44. The van der Waals surface area contributed by atoms with Crippen LogP contribution in [0.15, 0.2) is 17.6 Å². The highest BCUT2D eigenvalue weighted by atomic mass is 19.1. The Kier molecular flexibility index (Phi) is 11.6. The second kappa shape index (κ2) is 14.6. The summed E-state index contributed by atoms with van der Waals surface area (Å²) in [7, 11) is 3.70. The van der Waals surface area contributed by atoms with Crippen LogP contribution in [0.1, 0.15) is 67.7 Å². The molecule has 4 heterocycles. The van der Waals surface area contributed by atoms with Crippen molar-refractivity contribution in [3.63, 3.8) is 0 Å². The first-order chi connectivity index (χ1) is 22.0. The Hall–Kier alpha value is -2.45. The molecule has 2 bridgehead atoms. The summed E-state index contributed by atoms with van der Waals surface area (Å²) in [6, 6.07) is -0.882. The number of aliphatic hydroxyl groups is 1. The van der Waals surface area contributed by atoms with Crippen molar-refractivity contribution in [1.29, 1.82) is 0 Å². The van der Waals surface area contributed by atoms with E-state index in [0.717, 1.165) is 5.71 Å². The summed E-state index contributed by atoms with van der Waals surface area (Å²) in [6.45, 7) is 17.0. The van der Waals surface area contributed by atoms with Crippen LogP contribution < -0.4 is 0 Å². The van der Waals surface area contributed by atoms with Gasteiger partial charge in [0.1, 0.15) is 12.2 Å². The molecule has 0 radical (unpaired) electrons. The minimum Gasteiger partial charge on any atom is -0.456 e. The van der Waals surface area contributed by atoms with Crippen molar-refractivity contribution in [3.05, 3.63) is 12.7 Å². The molecule has 13 heteroatoms. The number of rotatable bonds is 7. The van der Waals surface area contributed by atoms with E-state index < -0.39 is 71.8 Å². The van der Waals surface area contributed by atoms with E-state index in [0.29, 0.717) is 19.5 Å². The number of Topliss-reactive ketones (excluding diaryl/α,β-unsaturated/α-hetero) is 1. The van der Waals surface area contributed by atoms with Gasteiger partial charge in [0.15, 0.2) is 17.7 Å². The van der Waals surface area contributed by atoms with E-state index in [4.69, 9.17) is 28.7 Å². The van der Waals surface area contributed by atoms with Crippen LogP contribution in [-0.2, 0) is 33.3 Å².